The summed E-state index contributed by atoms with van der Waals surface area (Å²) in [4.78, 5) is 15.8. The number of nitrogens with two attached hydrogens (primary N) is 1. The van der Waals surface area contributed by atoms with Crippen molar-refractivity contribution >= 4 is 11.8 Å². The normalized spacial score (nSPS) is 18.7. The zero-order valence-corrected chi connectivity index (χ0v) is 11.5. The molecule has 19 heavy (non-hydrogen) atoms. The monoisotopic (exact) mass is 267 g/mol. The molecule has 2 rings (SSSR count). The van der Waals surface area contributed by atoms with Crippen molar-refractivity contribution in [1.29, 1.82) is 0 Å². The van der Waals surface area contributed by atoms with Gasteiger partial charge in [0.15, 0.2) is 5.69 Å². The third kappa shape index (κ3) is 2.89. The Bertz CT molecular complexity index is 450. The molecule has 1 fully saturated rings. The highest BCUT2D eigenvalue weighted by atomic mass is 16.5. The van der Waals surface area contributed by atoms with Crippen molar-refractivity contribution in [2.75, 3.05) is 19.5 Å². The maximum atomic E-state index is 11.6. The van der Waals surface area contributed by atoms with Crippen LogP contribution in [0.4, 0.5) is 5.82 Å². The summed E-state index contributed by atoms with van der Waals surface area (Å²) in [7, 11) is 1.33. The topological polar surface area (TPSA) is 79.4 Å². The highest BCUT2D eigenvalue weighted by Gasteiger charge is 2.22. The van der Waals surface area contributed by atoms with E-state index < -0.39 is 5.97 Å². The standard InChI is InChI=1S/C13H21N3O3/c1-3-10-15-11(13(17)18-2)12(14)16(10)7-6-9-5-4-8-19-9/h9H,3-8,14H2,1-2H3. The van der Waals surface area contributed by atoms with Gasteiger partial charge in [0.2, 0.25) is 0 Å². The van der Waals surface area contributed by atoms with Crippen molar-refractivity contribution in [3.63, 3.8) is 0 Å². The number of methoxy groups -OCH3 is 1. The molecule has 0 amide bonds. The van der Waals surface area contributed by atoms with Crippen LogP contribution in [0.1, 0.15) is 42.5 Å². The Hall–Kier alpha value is -1.56. The number of nitrogen functional groups attached to an aromatic ring is 1. The lowest BCUT2D eigenvalue weighted by Crippen LogP contribution is -2.14. The third-order valence-electron chi connectivity index (χ3n) is 3.48. The van der Waals surface area contributed by atoms with Crippen LogP contribution < -0.4 is 5.73 Å². The molecule has 0 saturated carbocycles. The number of aromatic nitrogens is 2. The molecule has 1 aromatic rings. The molecule has 6 nitrogen and oxygen atoms in total. The van der Waals surface area contributed by atoms with Gasteiger partial charge < -0.3 is 19.8 Å². The first-order chi connectivity index (χ1) is 9.17. The van der Waals surface area contributed by atoms with E-state index in [1.807, 2.05) is 11.5 Å². The Balaban J connectivity index is 2.13. The second kappa shape index (κ2) is 6.06. The molecule has 1 aromatic heterocycles. The molecule has 2 heterocycles. The SMILES string of the molecule is CCc1nc(C(=O)OC)c(N)n1CCC1CCCO1. The van der Waals surface area contributed by atoms with E-state index >= 15 is 0 Å². The van der Waals surface area contributed by atoms with Crippen molar-refractivity contribution in [1.82, 2.24) is 9.55 Å². The minimum absolute atomic E-state index is 0.215. The van der Waals surface area contributed by atoms with Gasteiger partial charge in [-0.15, -0.1) is 0 Å². The van der Waals surface area contributed by atoms with E-state index in [1.165, 1.54) is 7.11 Å². The number of hydrogen-bond acceptors (Lipinski definition) is 5. The van der Waals surface area contributed by atoms with Gasteiger partial charge in [0.1, 0.15) is 11.6 Å². The summed E-state index contributed by atoms with van der Waals surface area (Å²) in [6.07, 6.45) is 4.15. The van der Waals surface area contributed by atoms with Gasteiger partial charge in [-0.3, -0.25) is 0 Å². The van der Waals surface area contributed by atoms with Crippen LogP contribution in [0.2, 0.25) is 0 Å². The van der Waals surface area contributed by atoms with E-state index in [9.17, 15) is 4.79 Å². The molecular formula is C13H21N3O3. The van der Waals surface area contributed by atoms with Gasteiger partial charge in [0.05, 0.1) is 13.2 Å². The van der Waals surface area contributed by atoms with Gasteiger partial charge in [0, 0.05) is 19.6 Å². The summed E-state index contributed by atoms with van der Waals surface area (Å²) in [6, 6.07) is 0. The maximum Gasteiger partial charge on any atom is 0.360 e. The number of ether oxygens (including phenoxy) is 2. The Morgan fingerprint density at radius 3 is 3.00 bits per heavy atom. The maximum absolute atomic E-state index is 11.6. The number of hydrogen-bond donors (Lipinski definition) is 1. The number of rotatable bonds is 5. The van der Waals surface area contributed by atoms with Crippen LogP contribution in [-0.2, 0) is 22.4 Å². The Labute approximate surface area is 112 Å². The molecule has 1 aliphatic heterocycles. The molecule has 0 spiro atoms. The molecular weight excluding hydrogens is 246 g/mol. The molecule has 1 aliphatic rings. The first-order valence-corrected chi connectivity index (χ1v) is 6.72. The molecule has 0 radical (unpaired) electrons. The van der Waals surface area contributed by atoms with Crippen molar-refractivity contribution < 1.29 is 14.3 Å². The average molecular weight is 267 g/mol. The lowest BCUT2D eigenvalue weighted by molar-refractivity contribution is 0.0595. The first-order valence-electron chi connectivity index (χ1n) is 6.72. The van der Waals surface area contributed by atoms with Crippen molar-refractivity contribution in [2.45, 2.75) is 45.3 Å². The molecule has 0 aliphatic carbocycles. The van der Waals surface area contributed by atoms with Crippen LogP contribution >= 0.6 is 0 Å². The fourth-order valence-electron chi connectivity index (χ4n) is 2.42. The zero-order chi connectivity index (χ0) is 13.8. The summed E-state index contributed by atoms with van der Waals surface area (Å²) in [5, 5.41) is 0. The van der Waals surface area contributed by atoms with Crippen LogP contribution in [0.15, 0.2) is 0 Å². The lowest BCUT2D eigenvalue weighted by Gasteiger charge is -2.12. The van der Waals surface area contributed by atoms with E-state index in [-0.39, 0.29) is 5.69 Å². The van der Waals surface area contributed by atoms with Gasteiger partial charge in [-0.05, 0) is 19.3 Å². The molecule has 1 saturated heterocycles. The van der Waals surface area contributed by atoms with Gasteiger partial charge >= 0.3 is 5.97 Å². The quantitative estimate of drug-likeness (QED) is 0.815. The van der Waals surface area contributed by atoms with Gasteiger partial charge in [0.25, 0.3) is 0 Å². The van der Waals surface area contributed by atoms with E-state index in [0.29, 0.717) is 11.9 Å². The summed E-state index contributed by atoms with van der Waals surface area (Å²) in [5.41, 5.74) is 6.21. The number of anilines is 1. The Morgan fingerprint density at radius 1 is 1.63 bits per heavy atom. The lowest BCUT2D eigenvalue weighted by atomic mass is 10.2. The highest BCUT2D eigenvalue weighted by Crippen LogP contribution is 2.20. The van der Waals surface area contributed by atoms with Crippen LogP contribution in [-0.4, -0.2) is 35.3 Å². The number of nitrogens with zero attached hydrogens (tertiary/aromatic N) is 2. The number of imidazole rings is 1. The zero-order valence-electron chi connectivity index (χ0n) is 11.5. The number of carbonyl (C=O) groups is 1. The minimum Gasteiger partial charge on any atom is -0.464 e. The molecule has 2 N–H and O–H groups in total. The first kappa shape index (κ1) is 13.9. The van der Waals surface area contributed by atoms with E-state index in [2.05, 4.69) is 9.72 Å². The van der Waals surface area contributed by atoms with Gasteiger partial charge in [-0.1, -0.05) is 6.92 Å². The van der Waals surface area contributed by atoms with Crippen LogP contribution in [0.3, 0.4) is 0 Å². The number of carbonyl (C=O) groups excluding carboxylic acids is 1. The second-order valence-electron chi connectivity index (χ2n) is 4.68. The predicted octanol–water partition coefficient (Wildman–Crippen LogP) is 1.38. The molecule has 106 valence electrons. The average Bonchev–Trinajstić information content (AvgIpc) is 3.03. The van der Waals surface area contributed by atoms with E-state index in [0.717, 1.165) is 44.7 Å². The molecule has 1 unspecified atom stereocenters. The molecule has 6 heteroatoms. The van der Waals surface area contributed by atoms with Crippen LogP contribution in [0.5, 0.6) is 0 Å². The van der Waals surface area contributed by atoms with Crippen LogP contribution in [0.25, 0.3) is 0 Å². The number of aryl methyl sites for hydroxylation is 1. The predicted molar refractivity (Wildman–Crippen MR) is 70.9 cm³/mol. The third-order valence-corrected chi connectivity index (χ3v) is 3.48. The summed E-state index contributed by atoms with van der Waals surface area (Å²) in [5.74, 6) is 0.723. The fraction of sp³-hybridized carbons (Fsp3) is 0.692. The fourth-order valence-corrected chi connectivity index (χ4v) is 2.42. The second-order valence-corrected chi connectivity index (χ2v) is 4.68. The molecule has 0 bridgehead atoms. The summed E-state index contributed by atoms with van der Waals surface area (Å²) >= 11 is 0. The van der Waals surface area contributed by atoms with E-state index in [4.69, 9.17) is 10.5 Å². The van der Waals surface area contributed by atoms with Crippen molar-refractivity contribution in [3.8, 4) is 0 Å². The van der Waals surface area contributed by atoms with Crippen LogP contribution in [0, 0.1) is 0 Å². The van der Waals surface area contributed by atoms with Crippen molar-refractivity contribution in [2.24, 2.45) is 0 Å². The van der Waals surface area contributed by atoms with Gasteiger partial charge in [-0.2, -0.15) is 0 Å². The number of esters is 1. The molecule has 1 atom stereocenters. The minimum atomic E-state index is -0.483. The van der Waals surface area contributed by atoms with Gasteiger partial charge in [-0.25, -0.2) is 9.78 Å². The highest BCUT2D eigenvalue weighted by molar-refractivity contribution is 5.92. The van der Waals surface area contributed by atoms with Crippen molar-refractivity contribution in [3.05, 3.63) is 11.5 Å². The summed E-state index contributed by atoms with van der Waals surface area (Å²) in [6.45, 7) is 3.56. The Kier molecular flexibility index (Phi) is 4.42. The Morgan fingerprint density at radius 2 is 2.42 bits per heavy atom. The largest absolute Gasteiger partial charge is 0.464 e. The summed E-state index contributed by atoms with van der Waals surface area (Å²) < 4.78 is 12.2. The molecule has 0 aromatic carbocycles. The smallest absolute Gasteiger partial charge is 0.360 e. The van der Waals surface area contributed by atoms with E-state index in [1.54, 1.807) is 0 Å².